The predicted molar refractivity (Wildman–Crippen MR) is 48.3 cm³/mol. The molecule has 1 atom stereocenters. The lowest BCUT2D eigenvalue weighted by Crippen LogP contribution is -2.32. The van der Waals surface area contributed by atoms with Gasteiger partial charge in [0.15, 0.2) is 0 Å². The second-order valence-corrected chi connectivity index (χ2v) is 2.23. The standard InChI is InChI=1S/C6H9N3O2.H2S/c7-5(6(10)11)1-4-2-8-3-9-4;/h2-3,5H,1,7H2,(H,8,9)(H,10,11);1H2/t5-;/m0./s1. The molecule has 6 heteroatoms. The van der Waals surface area contributed by atoms with Crippen LogP contribution in [-0.2, 0) is 11.2 Å². The summed E-state index contributed by atoms with van der Waals surface area (Å²) < 4.78 is 0. The van der Waals surface area contributed by atoms with Gasteiger partial charge in [0.05, 0.1) is 6.33 Å². The fourth-order valence-corrected chi connectivity index (χ4v) is 0.721. The molecule has 0 unspecified atom stereocenters. The summed E-state index contributed by atoms with van der Waals surface area (Å²) >= 11 is 0. The Kier molecular flexibility index (Phi) is 4.38. The molecule has 0 radical (unpaired) electrons. The van der Waals surface area contributed by atoms with E-state index in [0.29, 0.717) is 0 Å². The fraction of sp³-hybridized carbons (Fsp3) is 0.333. The Morgan fingerprint density at radius 2 is 2.50 bits per heavy atom. The number of carbonyl (C=O) groups is 1. The summed E-state index contributed by atoms with van der Waals surface area (Å²) in [6.07, 6.45) is 3.34. The molecule has 0 saturated carbocycles. The Labute approximate surface area is 76.4 Å². The summed E-state index contributed by atoms with van der Waals surface area (Å²) in [6, 6.07) is -0.851. The number of nitrogens with one attached hydrogen (secondary N) is 1. The number of carboxylic acid groups (broad SMARTS) is 1. The molecule has 68 valence electrons. The molecular formula is C6H11N3O2S. The van der Waals surface area contributed by atoms with Crippen molar-refractivity contribution in [2.45, 2.75) is 12.5 Å². The zero-order valence-electron chi connectivity index (χ0n) is 6.32. The molecule has 0 aromatic carbocycles. The van der Waals surface area contributed by atoms with Gasteiger partial charge in [-0.25, -0.2) is 4.98 Å². The van der Waals surface area contributed by atoms with Gasteiger partial charge in [-0.1, -0.05) is 0 Å². The molecule has 0 fully saturated rings. The molecule has 0 aliphatic heterocycles. The predicted octanol–water partition coefficient (Wildman–Crippen LogP) is -0.523. The van der Waals surface area contributed by atoms with Crippen molar-refractivity contribution in [2.24, 2.45) is 5.73 Å². The minimum Gasteiger partial charge on any atom is -0.480 e. The molecule has 1 rings (SSSR count). The number of hydrogen-bond acceptors (Lipinski definition) is 3. The Bertz CT molecular complexity index is 237. The molecular weight excluding hydrogens is 178 g/mol. The lowest BCUT2D eigenvalue weighted by molar-refractivity contribution is -0.138. The van der Waals surface area contributed by atoms with Gasteiger partial charge in [-0.15, -0.1) is 0 Å². The third-order valence-corrected chi connectivity index (χ3v) is 1.31. The number of H-pyrrole nitrogens is 1. The molecule has 1 aromatic heterocycles. The van der Waals surface area contributed by atoms with Crippen LogP contribution in [0.5, 0.6) is 0 Å². The van der Waals surface area contributed by atoms with Crippen molar-refractivity contribution >= 4 is 19.5 Å². The van der Waals surface area contributed by atoms with Crippen LogP contribution < -0.4 is 5.73 Å². The van der Waals surface area contributed by atoms with Crippen LogP contribution in [0.25, 0.3) is 0 Å². The lowest BCUT2D eigenvalue weighted by atomic mass is 10.2. The zero-order valence-corrected chi connectivity index (χ0v) is 7.32. The van der Waals surface area contributed by atoms with Crippen LogP contribution >= 0.6 is 13.5 Å². The molecule has 0 saturated heterocycles. The van der Waals surface area contributed by atoms with Gasteiger partial charge < -0.3 is 15.8 Å². The Balaban J connectivity index is 0.00000121. The summed E-state index contributed by atoms with van der Waals surface area (Å²) in [5.74, 6) is -1.00. The van der Waals surface area contributed by atoms with Gasteiger partial charge in [-0.3, -0.25) is 4.79 Å². The van der Waals surface area contributed by atoms with Crippen molar-refractivity contribution in [3.05, 3.63) is 18.2 Å². The normalized spacial score (nSPS) is 11.8. The number of nitrogens with two attached hydrogens (primary N) is 1. The smallest absolute Gasteiger partial charge is 0.320 e. The van der Waals surface area contributed by atoms with Crippen LogP contribution in [0.4, 0.5) is 0 Å². The Hall–Kier alpha value is -1.01. The molecule has 0 amide bonds. The van der Waals surface area contributed by atoms with Crippen LogP contribution in [0, 0.1) is 0 Å². The monoisotopic (exact) mass is 189 g/mol. The highest BCUT2D eigenvalue weighted by molar-refractivity contribution is 7.59. The molecule has 1 heterocycles. The van der Waals surface area contributed by atoms with Crippen LogP contribution in [0.3, 0.4) is 0 Å². The van der Waals surface area contributed by atoms with Crippen molar-refractivity contribution in [1.29, 1.82) is 0 Å². The summed E-state index contributed by atoms with van der Waals surface area (Å²) in [7, 11) is 0. The van der Waals surface area contributed by atoms with E-state index in [1.807, 2.05) is 0 Å². The van der Waals surface area contributed by atoms with Gasteiger partial charge in [0, 0.05) is 18.3 Å². The number of carboxylic acids is 1. The number of aliphatic carboxylic acids is 1. The third kappa shape index (κ3) is 2.93. The number of hydrogen-bond donors (Lipinski definition) is 3. The molecule has 4 N–H and O–H groups in total. The summed E-state index contributed by atoms with van der Waals surface area (Å²) in [4.78, 5) is 16.8. The van der Waals surface area contributed by atoms with Crippen LogP contribution in [-0.4, -0.2) is 27.1 Å². The van der Waals surface area contributed by atoms with Crippen molar-refractivity contribution < 1.29 is 9.90 Å². The van der Waals surface area contributed by atoms with Gasteiger partial charge in [0.1, 0.15) is 6.04 Å². The largest absolute Gasteiger partial charge is 0.480 e. The van der Waals surface area contributed by atoms with Crippen LogP contribution in [0.2, 0.25) is 0 Å². The average molecular weight is 189 g/mol. The van der Waals surface area contributed by atoms with E-state index in [9.17, 15) is 4.79 Å². The van der Waals surface area contributed by atoms with E-state index in [-0.39, 0.29) is 19.9 Å². The first-order valence-electron chi connectivity index (χ1n) is 3.16. The fourth-order valence-electron chi connectivity index (χ4n) is 0.721. The summed E-state index contributed by atoms with van der Waals surface area (Å²) in [6.45, 7) is 0. The van der Waals surface area contributed by atoms with Crippen LogP contribution in [0.15, 0.2) is 12.5 Å². The topological polar surface area (TPSA) is 92.0 Å². The van der Waals surface area contributed by atoms with E-state index in [0.717, 1.165) is 5.69 Å². The lowest BCUT2D eigenvalue weighted by Gasteiger charge is -2.02. The van der Waals surface area contributed by atoms with Gasteiger partial charge in [-0.2, -0.15) is 13.5 Å². The van der Waals surface area contributed by atoms with E-state index in [4.69, 9.17) is 10.8 Å². The maximum Gasteiger partial charge on any atom is 0.320 e. The molecule has 0 aliphatic carbocycles. The molecule has 12 heavy (non-hydrogen) atoms. The molecule has 0 spiro atoms. The maximum atomic E-state index is 10.3. The number of nitrogens with zero attached hydrogens (tertiary/aromatic N) is 1. The number of aromatic nitrogens is 2. The van der Waals surface area contributed by atoms with Gasteiger partial charge >= 0.3 is 5.97 Å². The average Bonchev–Trinajstić information content (AvgIpc) is 2.39. The first kappa shape index (κ1) is 11.0. The van der Waals surface area contributed by atoms with Crippen molar-refractivity contribution in [3.8, 4) is 0 Å². The highest BCUT2D eigenvalue weighted by Gasteiger charge is 2.11. The maximum absolute atomic E-state index is 10.3. The van der Waals surface area contributed by atoms with E-state index in [1.165, 1.54) is 6.33 Å². The second kappa shape index (κ2) is 4.78. The van der Waals surface area contributed by atoms with Crippen LogP contribution in [0.1, 0.15) is 5.69 Å². The highest BCUT2D eigenvalue weighted by atomic mass is 32.1. The highest BCUT2D eigenvalue weighted by Crippen LogP contribution is 1.95. The van der Waals surface area contributed by atoms with E-state index < -0.39 is 12.0 Å². The number of imidazole rings is 1. The molecule has 1 aromatic rings. The number of rotatable bonds is 3. The van der Waals surface area contributed by atoms with E-state index in [2.05, 4.69) is 9.97 Å². The van der Waals surface area contributed by atoms with Gasteiger partial charge in [-0.05, 0) is 0 Å². The summed E-state index contributed by atoms with van der Waals surface area (Å²) in [5.41, 5.74) is 6.00. The molecule has 5 nitrogen and oxygen atoms in total. The van der Waals surface area contributed by atoms with E-state index >= 15 is 0 Å². The zero-order chi connectivity index (χ0) is 8.27. The first-order valence-corrected chi connectivity index (χ1v) is 3.16. The SMILES string of the molecule is N[C@@H](Cc1cnc[nH]1)C(=O)O.S. The van der Waals surface area contributed by atoms with Crippen molar-refractivity contribution in [3.63, 3.8) is 0 Å². The first-order chi connectivity index (χ1) is 5.20. The quantitative estimate of drug-likeness (QED) is 0.596. The second-order valence-electron chi connectivity index (χ2n) is 2.23. The van der Waals surface area contributed by atoms with E-state index in [1.54, 1.807) is 6.20 Å². The minimum absolute atomic E-state index is 0. The van der Waals surface area contributed by atoms with Crippen molar-refractivity contribution in [1.82, 2.24) is 9.97 Å². The Morgan fingerprint density at radius 1 is 1.83 bits per heavy atom. The number of aromatic amines is 1. The van der Waals surface area contributed by atoms with Crippen molar-refractivity contribution in [2.75, 3.05) is 0 Å². The van der Waals surface area contributed by atoms with Gasteiger partial charge in [0.2, 0.25) is 0 Å². The van der Waals surface area contributed by atoms with Gasteiger partial charge in [0.25, 0.3) is 0 Å². The molecule has 0 aliphatic rings. The Morgan fingerprint density at radius 3 is 2.92 bits per heavy atom. The summed E-state index contributed by atoms with van der Waals surface area (Å²) in [5, 5.41) is 8.42. The minimum atomic E-state index is -1.00. The molecule has 0 bridgehead atoms. The third-order valence-electron chi connectivity index (χ3n) is 1.31.